The van der Waals surface area contributed by atoms with Crippen molar-refractivity contribution in [3.05, 3.63) is 88.6 Å². The number of aromatic nitrogens is 1. The van der Waals surface area contributed by atoms with Crippen molar-refractivity contribution in [2.75, 3.05) is 13.2 Å². The molecule has 0 radical (unpaired) electrons. The molecule has 0 aliphatic heterocycles. The third-order valence-corrected chi connectivity index (χ3v) is 4.90. The van der Waals surface area contributed by atoms with E-state index in [1.165, 1.54) is 18.3 Å². The maximum absolute atomic E-state index is 10.9. The predicted octanol–water partition coefficient (Wildman–Crippen LogP) is 4.30. The van der Waals surface area contributed by atoms with Crippen molar-refractivity contribution in [2.24, 2.45) is 0 Å². The van der Waals surface area contributed by atoms with Gasteiger partial charge in [0.2, 0.25) is 5.88 Å². The normalized spacial score (nSPS) is 12.1. The maximum Gasteiger partial charge on any atom is 0.337 e. The third kappa shape index (κ3) is 8.81. The number of ether oxygens (including phenoxy) is 1. The van der Waals surface area contributed by atoms with Crippen LogP contribution in [0.2, 0.25) is 5.02 Å². The number of carboxylic acid groups (broad SMARTS) is 1. The van der Waals surface area contributed by atoms with Gasteiger partial charge in [-0.3, -0.25) is 0 Å². The summed E-state index contributed by atoms with van der Waals surface area (Å²) in [5.74, 6) is -0.192. The highest BCUT2D eigenvalue weighted by molar-refractivity contribution is 6.30. The smallest absolute Gasteiger partial charge is 0.337 e. The van der Waals surface area contributed by atoms with Crippen LogP contribution in [0.15, 0.2) is 66.9 Å². The molecule has 178 valence electrons. The van der Waals surface area contributed by atoms with E-state index < -0.39 is 12.1 Å². The number of aliphatic hydroxyl groups is 2. The Labute approximate surface area is 209 Å². The summed E-state index contributed by atoms with van der Waals surface area (Å²) in [4.78, 5) is 14.8. The van der Waals surface area contributed by atoms with Gasteiger partial charge >= 0.3 is 5.97 Å². The fourth-order valence-electron chi connectivity index (χ4n) is 2.98. The highest BCUT2D eigenvalue weighted by Gasteiger charge is 2.13. The minimum Gasteiger partial charge on any atom is -0.478 e. The van der Waals surface area contributed by atoms with Gasteiger partial charge in [0.05, 0.1) is 18.3 Å². The molecule has 2 atom stereocenters. The second-order valence-electron chi connectivity index (χ2n) is 7.00. The number of halogens is 3. The number of carboxylic acids is 1. The largest absolute Gasteiger partial charge is 0.478 e. The number of rotatable bonds is 10. The molecule has 33 heavy (non-hydrogen) atoms. The van der Waals surface area contributed by atoms with Crippen molar-refractivity contribution < 1.29 is 24.9 Å². The molecule has 7 nitrogen and oxygen atoms in total. The molecule has 2 aromatic carbocycles. The summed E-state index contributed by atoms with van der Waals surface area (Å²) in [6.07, 6.45) is 1.06. The summed E-state index contributed by atoms with van der Waals surface area (Å²) >= 11 is 5.96. The van der Waals surface area contributed by atoms with Crippen LogP contribution < -0.4 is 10.1 Å². The lowest BCUT2D eigenvalue weighted by molar-refractivity contribution is 0.0696. The monoisotopic (exact) mass is 514 g/mol. The number of aromatic carboxylic acids is 1. The van der Waals surface area contributed by atoms with Crippen LogP contribution in [0.4, 0.5) is 0 Å². The Kier molecular flexibility index (Phi) is 12.2. The van der Waals surface area contributed by atoms with Gasteiger partial charge in [0.1, 0.15) is 5.75 Å². The summed E-state index contributed by atoms with van der Waals surface area (Å²) in [6, 6.07) is 17.0. The molecule has 3 aromatic rings. The second-order valence-corrected chi connectivity index (χ2v) is 7.44. The molecule has 0 bridgehead atoms. The Morgan fingerprint density at radius 3 is 2.39 bits per heavy atom. The van der Waals surface area contributed by atoms with Gasteiger partial charge in [0.15, 0.2) is 0 Å². The van der Waals surface area contributed by atoms with Crippen molar-refractivity contribution in [1.82, 2.24) is 10.3 Å². The number of hydrogen-bond donors (Lipinski definition) is 4. The molecule has 0 saturated carbocycles. The number of nitrogens with zero attached hydrogens (tertiary/aromatic N) is 1. The molecule has 1 heterocycles. The second kappa shape index (κ2) is 14.0. The summed E-state index contributed by atoms with van der Waals surface area (Å²) in [7, 11) is 0. The van der Waals surface area contributed by atoms with Crippen LogP contribution in [0.3, 0.4) is 0 Å². The Balaban J connectivity index is 0.00000272. The van der Waals surface area contributed by atoms with E-state index in [0.29, 0.717) is 28.6 Å². The van der Waals surface area contributed by atoms with Crippen molar-refractivity contribution in [3.63, 3.8) is 0 Å². The molecule has 0 aliphatic carbocycles. The van der Waals surface area contributed by atoms with Gasteiger partial charge in [0, 0.05) is 29.9 Å². The number of nitrogens with one attached hydrogen (secondary N) is 1. The van der Waals surface area contributed by atoms with Crippen LogP contribution in [0, 0.1) is 0 Å². The topological polar surface area (TPSA) is 112 Å². The van der Waals surface area contributed by atoms with Crippen molar-refractivity contribution >= 4 is 42.4 Å². The first-order valence-electron chi connectivity index (χ1n) is 9.68. The van der Waals surface area contributed by atoms with Crippen molar-refractivity contribution in [2.45, 2.75) is 18.6 Å². The molecule has 0 aliphatic rings. The first-order valence-corrected chi connectivity index (χ1v) is 10.1. The third-order valence-electron chi connectivity index (χ3n) is 4.66. The summed E-state index contributed by atoms with van der Waals surface area (Å²) in [5, 5.41) is 32.6. The molecular formula is C23H25Cl3N2O5. The highest BCUT2D eigenvalue weighted by Crippen LogP contribution is 2.21. The zero-order chi connectivity index (χ0) is 22.2. The molecule has 10 heteroatoms. The molecule has 0 amide bonds. The van der Waals surface area contributed by atoms with Crippen LogP contribution >= 0.6 is 36.4 Å². The Bertz CT molecular complexity index is 1000. The molecule has 0 spiro atoms. The molecule has 1 aromatic heterocycles. The van der Waals surface area contributed by atoms with Gasteiger partial charge < -0.3 is 25.4 Å². The van der Waals surface area contributed by atoms with E-state index in [1.807, 2.05) is 12.1 Å². The Morgan fingerprint density at radius 2 is 1.82 bits per heavy atom. The minimum atomic E-state index is -1.05. The fraction of sp³-hybridized carbons (Fsp3) is 0.217. The van der Waals surface area contributed by atoms with E-state index in [0.717, 1.165) is 5.56 Å². The lowest BCUT2D eigenvalue weighted by Gasteiger charge is -2.19. The van der Waals surface area contributed by atoms with E-state index in [2.05, 4.69) is 10.3 Å². The molecule has 0 unspecified atom stereocenters. The quantitative estimate of drug-likeness (QED) is 0.318. The zero-order valence-corrected chi connectivity index (χ0v) is 19.8. The molecule has 4 N–H and O–H groups in total. The summed E-state index contributed by atoms with van der Waals surface area (Å²) in [5.41, 5.74) is 1.78. The van der Waals surface area contributed by atoms with Crippen molar-refractivity contribution in [1.29, 1.82) is 0 Å². The van der Waals surface area contributed by atoms with Gasteiger partial charge in [-0.05, 0) is 47.9 Å². The predicted molar refractivity (Wildman–Crippen MR) is 131 cm³/mol. The Morgan fingerprint density at radius 1 is 1.09 bits per heavy atom. The molecule has 0 saturated heterocycles. The van der Waals surface area contributed by atoms with E-state index in [4.69, 9.17) is 21.4 Å². The number of pyridine rings is 1. The van der Waals surface area contributed by atoms with Crippen molar-refractivity contribution in [3.8, 4) is 11.6 Å². The van der Waals surface area contributed by atoms with Gasteiger partial charge in [-0.2, -0.15) is 0 Å². The molecule has 3 rings (SSSR count). The van der Waals surface area contributed by atoms with Crippen LogP contribution in [0.1, 0.15) is 27.6 Å². The van der Waals surface area contributed by atoms with E-state index in [-0.39, 0.29) is 49.6 Å². The number of carbonyl (C=O) groups is 1. The van der Waals surface area contributed by atoms with E-state index >= 15 is 0 Å². The average molecular weight is 516 g/mol. The van der Waals surface area contributed by atoms with Crippen LogP contribution in [-0.2, 0) is 6.42 Å². The fourth-order valence-corrected chi connectivity index (χ4v) is 3.18. The first-order chi connectivity index (χ1) is 14.9. The summed E-state index contributed by atoms with van der Waals surface area (Å²) < 4.78 is 5.62. The average Bonchev–Trinajstić information content (AvgIpc) is 2.78. The summed E-state index contributed by atoms with van der Waals surface area (Å²) in [6.45, 7) is 0.200. The number of benzene rings is 2. The SMILES string of the molecule is Cl.Cl.O=C(O)c1ccc(Oc2ccc(C[C@@H](CO)NC[C@H](O)c3cccc(Cl)c3)cc2)nc1. The Hall–Kier alpha value is -2.39. The minimum absolute atomic E-state index is 0. The van der Waals surface area contributed by atoms with Gasteiger partial charge in [-0.25, -0.2) is 9.78 Å². The highest BCUT2D eigenvalue weighted by atomic mass is 35.5. The first kappa shape index (κ1) is 28.6. The standard InChI is InChI=1S/C23H23ClN2O5.2ClH/c24-18-3-1-2-16(11-18)21(28)13-25-19(14-27)10-15-4-7-20(8-5-15)31-22-9-6-17(12-26-22)23(29)30;;/h1-9,11-12,19,21,25,27-28H,10,13-14H2,(H,29,30);2*1H/t19-,21-;;/m0../s1. The van der Waals surface area contributed by atoms with E-state index in [1.54, 1.807) is 36.4 Å². The maximum atomic E-state index is 10.9. The number of aliphatic hydroxyl groups excluding tert-OH is 2. The lowest BCUT2D eigenvalue weighted by atomic mass is 10.1. The van der Waals surface area contributed by atoms with Crippen LogP contribution in [0.25, 0.3) is 0 Å². The van der Waals surface area contributed by atoms with E-state index in [9.17, 15) is 15.0 Å². The van der Waals surface area contributed by atoms with Gasteiger partial charge in [-0.1, -0.05) is 35.9 Å². The lowest BCUT2D eigenvalue weighted by Crippen LogP contribution is -2.37. The molecular weight excluding hydrogens is 491 g/mol. The zero-order valence-electron chi connectivity index (χ0n) is 17.4. The van der Waals surface area contributed by atoms with Crippen LogP contribution in [0.5, 0.6) is 11.6 Å². The number of hydrogen-bond acceptors (Lipinski definition) is 6. The van der Waals surface area contributed by atoms with Gasteiger partial charge in [-0.15, -0.1) is 24.8 Å². The van der Waals surface area contributed by atoms with Crippen LogP contribution in [-0.4, -0.2) is 45.5 Å². The van der Waals surface area contributed by atoms with Gasteiger partial charge in [0.25, 0.3) is 0 Å². The molecule has 0 fully saturated rings.